The molecule has 2 aromatic carbocycles. The Morgan fingerprint density at radius 2 is 1.75 bits per heavy atom. The Morgan fingerprint density at radius 1 is 1.04 bits per heavy atom. The zero-order valence-corrected chi connectivity index (χ0v) is 15.6. The first-order chi connectivity index (χ1) is 13.4. The van der Waals surface area contributed by atoms with Gasteiger partial charge in [0, 0.05) is 23.4 Å². The average molecular weight is 400 g/mol. The van der Waals surface area contributed by atoms with E-state index in [-0.39, 0.29) is 5.69 Å². The number of anilines is 1. The first-order valence-electron chi connectivity index (χ1n) is 8.24. The van der Waals surface area contributed by atoms with Gasteiger partial charge in [-0.1, -0.05) is 24.3 Å². The fourth-order valence-corrected chi connectivity index (χ4v) is 3.69. The molecule has 0 aliphatic carbocycles. The van der Waals surface area contributed by atoms with Gasteiger partial charge in [-0.2, -0.15) is 0 Å². The zero-order chi connectivity index (χ0) is 20.1. The molecule has 0 saturated carbocycles. The predicted octanol–water partition coefficient (Wildman–Crippen LogP) is 3.25. The van der Waals surface area contributed by atoms with Crippen LogP contribution in [0, 0.1) is 10.1 Å². The Kier molecular flexibility index (Phi) is 5.50. The van der Waals surface area contributed by atoms with E-state index in [2.05, 4.69) is 14.9 Å². The molecule has 0 spiro atoms. The summed E-state index contributed by atoms with van der Waals surface area (Å²) >= 11 is 0. The van der Waals surface area contributed by atoms with Gasteiger partial charge in [0.2, 0.25) is 5.88 Å². The lowest BCUT2D eigenvalue weighted by molar-refractivity contribution is -0.387. The third-order valence-corrected chi connectivity index (χ3v) is 5.15. The highest BCUT2D eigenvalue weighted by Gasteiger charge is 2.25. The van der Waals surface area contributed by atoms with Gasteiger partial charge in [0.25, 0.3) is 15.7 Å². The Labute approximate surface area is 161 Å². The summed E-state index contributed by atoms with van der Waals surface area (Å²) in [7, 11) is -4.11. The summed E-state index contributed by atoms with van der Waals surface area (Å²) in [5.74, 6) is 0.417. The predicted molar refractivity (Wildman–Crippen MR) is 103 cm³/mol. The lowest BCUT2D eigenvalue weighted by atomic mass is 10.1. The second-order valence-electron chi connectivity index (χ2n) is 5.60. The number of nitrogens with one attached hydrogen (secondary N) is 1. The van der Waals surface area contributed by atoms with Gasteiger partial charge in [-0.3, -0.25) is 14.8 Å². The number of para-hydroxylation sites is 1. The molecular weight excluding hydrogens is 384 g/mol. The molecule has 1 aromatic heterocycles. The molecule has 0 atom stereocenters. The zero-order valence-electron chi connectivity index (χ0n) is 14.8. The number of nitro benzene ring substituents is 1. The van der Waals surface area contributed by atoms with Crippen LogP contribution in [0.1, 0.15) is 6.92 Å². The number of aromatic nitrogens is 2. The molecule has 3 rings (SSSR count). The van der Waals surface area contributed by atoms with Gasteiger partial charge >= 0.3 is 0 Å². The van der Waals surface area contributed by atoms with Gasteiger partial charge in [-0.25, -0.2) is 8.42 Å². The highest BCUT2D eigenvalue weighted by atomic mass is 32.2. The summed E-state index contributed by atoms with van der Waals surface area (Å²) < 4.78 is 32.6. The molecule has 0 aliphatic heterocycles. The maximum absolute atomic E-state index is 12.5. The molecule has 0 bridgehead atoms. The molecule has 3 aromatic rings. The molecule has 0 fully saturated rings. The Hall–Kier alpha value is -3.53. The quantitative estimate of drug-likeness (QED) is 0.477. The minimum Gasteiger partial charge on any atom is -0.477 e. The number of ether oxygens (including phenoxy) is 1. The van der Waals surface area contributed by atoms with Crippen LogP contribution in [-0.2, 0) is 10.0 Å². The van der Waals surface area contributed by atoms with Crippen LogP contribution in [0.5, 0.6) is 5.88 Å². The summed E-state index contributed by atoms with van der Waals surface area (Å²) in [5, 5.41) is 19.1. The molecular formula is C18H16N4O5S. The van der Waals surface area contributed by atoms with Crippen LogP contribution in [0.15, 0.2) is 65.6 Å². The summed E-state index contributed by atoms with van der Waals surface area (Å²) in [6.07, 6.45) is 0. The second kappa shape index (κ2) is 8.01. The number of hydrogen-bond acceptors (Lipinski definition) is 7. The van der Waals surface area contributed by atoms with Crippen molar-refractivity contribution in [1.82, 2.24) is 10.2 Å². The summed E-state index contributed by atoms with van der Waals surface area (Å²) in [6.45, 7) is 2.34. The SMILES string of the molecule is CCOc1ccc(-c2ccc(NS(=O)(=O)c3ccccc3[N+](=O)[O-])cc2)nn1. The maximum atomic E-state index is 12.5. The lowest BCUT2D eigenvalue weighted by Crippen LogP contribution is -2.14. The number of benzene rings is 2. The number of rotatable bonds is 7. The first kappa shape index (κ1) is 19.2. The minimum atomic E-state index is -4.11. The van der Waals surface area contributed by atoms with Crippen LogP contribution in [0.2, 0.25) is 0 Å². The molecule has 0 unspecified atom stereocenters. The van der Waals surface area contributed by atoms with E-state index in [0.29, 0.717) is 18.2 Å². The molecule has 0 amide bonds. The number of nitrogens with zero attached hydrogens (tertiary/aromatic N) is 3. The van der Waals surface area contributed by atoms with Crippen molar-refractivity contribution in [3.05, 3.63) is 70.8 Å². The van der Waals surface area contributed by atoms with Crippen molar-refractivity contribution >= 4 is 21.4 Å². The lowest BCUT2D eigenvalue weighted by Gasteiger charge is -2.09. The monoisotopic (exact) mass is 400 g/mol. The first-order valence-corrected chi connectivity index (χ1v) is 9.72. The molecule has 0 radical (unpaired) electrons. The van der Waals surface area contributed by atoms with Crippen LogP contribution >= 0.6 is 0 Å². The van der Waals surface area contributed by atoms with E-state index < -0.39 is 25.5 Å². The van der Waals surface area contributed by atoms with Crippen molar-refractivity contribution in [2.45, 2.75) is 11.8 Å². The van der Waals surface area contributed by atoms with Gasteiger partial charge < -0.3 is 4.74 Å². The summed E-state index contributed by atoms with van der Waals surface area (Å²) in [6, 6.07) is 15.0. The summed E-state index contributed by atoms with van der Waals surface area (Å²) in [4.78, 5) is 9.94. The highest BCUT2D eigenvalue weighted by Crippen LogP contribution is 2.26. The van der Waals surface area contributed by atoms with E-state index in [1.165, 1.54) is 18.2 Å². The Morgan fingerprint density at radius 3 is 2.36 bits per heavy atom. The number of nitro groups is 1. The van der Waals surface area contributed by atoms with E-state index in [4.69, 9.17) is 4.74 Å². The van der Waals surface area contributed by atoms with E-state index in [1.54, 1.807) is 36.4 Å². The van der Waals surface area contributed by atoms with Crippen molar-refractivity contribution in [3.8, 4) is 17.1 Å². The van der Waals surface area contributed by atoms with E-state index in [1.807, 2.05) is 6.92 Å². The topological polar surface area (TPSA) is 124 Å². The van der Waals surface area contributed by atoms with Crippen molar-refractivity contribution in [3.63, 3.8) is 0 Å². The third-order valence-electron chi connectivity index (χ3n) is 3.72. The van der Waals surface area contributed by atoms with Crippen LogP contribution in [0.3, 0.4) is 0 Å². The molecule has 0 saturated heterocycles. The Balaban J connectivity index is 1.81. The van der Waals surface area contributed by atoms with Gasteiger partial charge in [0.05, 0.1) is 17.2 Å². The van der Waals surface area contributed by atoms with Gasteiger partial charge in [-0.05, 0) is 31.2 Å². The minimum absolute atomic E-state index is 0.265. The Bertz CT molecular complexity index is 1080. The third kappa shape index (κ3) is 4.23. The molecule has 1 N–H and O–H groups in total. The normalized spacial score (nSPS) is 11.0. The van der Waals surface area contributed by atoms with Gasteiger partial charge in [-0.15, -0.1) is 10.2 Å². The second-order valence-corrected chi connectivity index (χ2v) is 7.25. The van der Waals surface area contributed by atoms with Crippen LogP contribution in [-0.4, -0.2) is 30.1 Å². The maximum Gasteiger partial charge on any atom is 0.289 e. The van der Waals surface area contributed by atoms with Crippen molar-refractivity contribution in [2.24, 2.45) is 0 Å². The van der Waals surface area contributed by atoms with Gasteiger partial charge in [0.1, 0.15) is 0 Å². The van der Waals surface area contributed by atoms with E-state index >= 15 is 0 Å². The van der Waals surface area contributed by atoms with Crippen molar-refractivity contribution < 1.29 is 18.1 Å². The van der Waals surface area contributed by atoms with Crippen LogP contribution < -0.4 is 9.46 Å². The van der Waals surface area contributed by atoms with Crippen LogP contribution in [0.25, 0.3) is 11.3 Å². The number of hydrogen-bond donors (Lipinski definition) is 1. The van der Waals surface area contributed by atoms with Crippen molar-refractivity contribution in [2.75, 3.05) is 11.3 Å². The fourth-order valence-electron chi connectivity index (χ4n) is 2.45. The average Bonchev–Trinajstić information content (AvgIpc) is 2.69. The van der Waals surface area contributed by atoms with Crippen molar-refractivity contribution in [1.29, 1.82) is 0 Å². The molecule has 0 aliphatic rings. The molecule has 9 nitrogen and oxygen atoms in total. The largest absolute Gasteiger partial charge is 0.477 e. The fraction of sp³-hybridized carbons (Fsp3) is 0.111. The van der Waals surface area contributed by atoms with Gasteiger partial charge in [0.15, 0.2) is 4.90 Å². The van der Waals surface area contributed by atoms with E-state index in [0.717, 1.165) is 11.6 Å². The number of sulfonamides is 1. The molecule has 28 heavy (non-hydrogen) atoms. The van der Waals surface area contributed by atoms with Crippen LogP contribution in [0.4, 0.5) is 11.4 Å². The molecule has 1 heterocycles. The molecule has 144 valence electrons. The smallest absolute Gasteiger partial charge is 0.289 e. The highest BCUT2D eigenvalue weighted by molar-refractivity contribution is 7.92. The molecule has 10 heteroatoms. The van der Waals surface area contributed by atoms with E-state index in [9.17, 15) is 18.5 Å². The standard InChI is InChI=1S/C18H16N4O5S/c1-2-27-18-12-11-15(19-20-18)13-7-9-14(10-8-13)21-28(25,26)17-6-4-3-5-16(17)22(23)24/h3-12,21H,2H2,1H3. The summed E-state index contributed by atoms with van der Waals surface area (Å²) in [5.41, 5.74) is 1.10.